The smallest absolute Gasteiger partial charge is 0.227 e. The minimum Gasteiger partial charge on any atom is -0.331 e. The van der Waals surface area contributed by atoms with Gasteiger partial charge >= 0.3 is 0 Å². The number of benzene rings is 2. The molecule has 0 radical (unpaired) electrons. The molecule has 0 unspecified atom stereocenters. The fraction of sp³-hybridized carbons (Fsp3) is 0.364. The normalized spacial score (nSPS) is 11.2. The molecule has 0 atom stereocenters. The van der Waals surface area contributed by atoms with Crippen molar-refractivity contribution in [1.82, 2.24) is 9.55 Å². The fourth-order valence-electron chi connectivity index (χ4n) is 3.38. The molecule has 2 aromatic carbocycles. The molecule has 3 rings (SSSR count). The van der Waals surface area contributed by atoms with Crippen LogP contribution in [0.2, 0.25) is 0 Å². The van der Waals surface area contributed by atoms with E-state index >= 15 is 0 Å². The zero-order valence-electron chi connectivity index (χ0n) is 15.8. The van der Waals surface area contributed by atoms with Crippen molar-refractivity contribution in [3.63, 3.8) is 0 Å². The molecule has 0 aliphatic carbocycles. The van der Waals surface area contributed by atoms with Gasteiger partial charge in [-0.3, -0.25) is 4.79 Å². The van der Waals surface area contributed by atoms with E-state index in [4.69, 9.17) is 4.98 Å². The number of hydrogen-bond donors (Lipinski definition) is 1. The first kappa shape index (κ1) is 18.2. The number of nitrogens with one attached hydrogen (secondary N) is 1. The summed E-state index contributed by atoms with van der Waals surface area (Å²) in [6.45, 7) is 4.11. The lowest BCUT2D eigenvalue weighted by atomic mass is 10.0. The van der Waals surface area contributed by atoms with Crippen molar-refractivity contribution in [2.75, 3.05) is 5.32 Å². The number of anilines is 1. The first-order valence-corrected chi connectivity index (χ1v) is 9.42. The summed E-state index contributed by atoms with van der Waals surface area (Å²) in [5.74, 6) is 1.28. The Labute approximate surface area is 155 Å². The maximum atomic E-state index is 12.3. The van der Waals surface area contributed by atoms with Gasteiger partial charge in [-0.2, -0.15) is 0 Å². The topological polar surface area (TPSA) is 46.9 Å². The summed E-state index contributed by atoms with van der Waals surface area (Å²) in [4.78, 5) is 17.0. The second-order valence-corrected chi connectivity index (χ2v) is 6.78. The van der Waals surface area contributed by atoms with E-state index in [1.807, 2.05) is 30.3 Å². The van der Waals surface area contributed by atoms with Gasteiger partial charge in [0.05, 0.1) is 11.0 Å². The Morgan fingerprint density at radius 1 is 1.08 bits per heavy atom. The molecule has 4 heteroatoms. The first-order valence-electron chi connectivity index (χ1n) is 9.42. The second-order valence-electron chi connectivity index (χ2n) is 6.78. The first-order chi connectivity index (χ1) is 12.6. The largest absolute Gasteiger partial charge is 0.331 e. The van der Waals surface area contributed by atoms with E-state index < -0.39 is 0 Å². The average molecular weight is 349 g/mol. The molecule has 0 spiro atoms. The van der Waals surface area contributed by atoms with Crippen LogP contribution in [0.25, 0.3) is 11.0 Å². The third kappa shape index (κ3) is 3.96. The number of aryl methyl sites for hydroxylation is 3. The van der Waals surface area contributed by atoms with E-state index in [1.54, 1.807) is 0 Å². The summed E-state index contributed by atoms with van der Waals surface area (Å²) >= 11 is 0. The highest BCUT2D eigenvalue weighted by Gasteiger charge is 2.14. The summed E-state index contributed by atoms with van der Waals surface area (Å²) in [5.41, 5.74) is 4.29. The molecule has 3 aromatic rings. The third-order valence-corrected chi connectivity index (χ3v) is 5.07. The second kappa shape index (κ2) is 8.17. The lowest BCUT2D eigenvalue weighted by molar-refractivity contribution is -0.120. The monoisotopic (exact) mass is 349 g/mol. The van der Waals surface area contributed by atoms with E-state index in [1.165, 1.54) is 5.56 Å². The molecule has 4 nitrogen and oxygen atoms in total. The SMILES string of the molecule is CCC(CC)C(=O)Nc1cccc(CCc2nc3ccccc3n2C)c1. The van der Waals surface area contributed by atoms with Crippen LogP contribution in [0, 0.1) is 5.92 Å². The highest BCUT2D eigenvalue weighted by Crippen LogP contribution is 2.18. The molecule has 1 N–H and O–H groups in total. The molecular formula is C22H27N3O. The highest BCUT2D eigenvalue weighted by molar-refractivity contribution is 5.92. The van der Waals surface area contributed by atoms with Gasteiger partial charge in [-0.1, -0.05) is 38.1 Å². The molecule has 1 amide bonds. The number of amides is 1. The van der Waals surface area contributed by atoms with Gasteiger partial charge in [0.15, 0.2) is 0 Å². The predicted octanol–water partition coefficient (Wildman–Crippen LogP) is 4.73. The van der Waals surface area contributed by atoms with Gasteiger partial charge in [0.1, 0.15) is 5.82 Å². The van der Waals surface area contributed by atoms with Crippen LogP contribution in [0.4, 0.5) is 5.69 Å². The molecule has 136 valence electrons. The standard InChI is InChI=1S/C22H27N3O/c1-4-17(5-2)22(26)23-18-10-8-9-16(15-18)13-14-21-24-19-11-6-7-12-20(19)25(21)3/h6-12,15,17H,4-5,13-14H2,1-3H3,(H,23,26). The van der Waals surface area contributed by atoms with Crippen molar-refractivity contribution < 1.29 is 4.79 Å². The van der Waals surface area contributed by atoms with Gasteiger partial charge in [0, 0.05) is 25.1 Å². The third-order valence-electron chi connectivity index (χ3n) is 5.07. The van der Waals surface area contributed by atoms with Crippen molar-refractivity contribution in [2.45, 2.75) is 39.5 Å². The molecule has 0 saturated carbocycles. The predicted molar refractivity (Wildman–Crippen MR) is 107 cm³/mol. The van der Waals surface area contributed by atoms with Crippen LogP contribution in [-0.2, 0) is 24.7 Å². The molecule has 26 heavy (non-hydrogen) atoms. The number of nitrogens with zero attached hydrogens (tertiary/aromatic N) is 2. The number of para-hydroxylation sites is 2. The minimum atomic E-state index is 0.0821. The van der Waals surface area contributed by atoms with Gasteiger partial charge in [0.25, 0.3) is 0 Å². The minimum absolute atomic E-state index is 0.0821. The summed E-state index contributed by atoms with van der Waals surface area (Å²) in [6.07, 6.45) is 3.50. The number of carbonyl (C=O) groups is 1. The molecule has 0 bridgehead atoms. The summed E-state index contributed by atoms with van der Waals surface area (Å²) in [6, 6.07) is 16.3. The Hall–Kier alpha value is -2.62. The maximum absolute atomic E-state index is 12.3. The van der Waals surface area contributed by atoms with Gasteiger partial charge in [0.2, 0.25) is 5.91 Å². The summed E-state index contributed by atoms with van der Waals surface area (Å²) in [7, 11) is 2.07. The van der Waals surface area contributed by atoms with E-state index in [0.717, 1.165) is 48.2 Å². The highest BCUT2D eigenvalue weighted by atomic mass is 16.1. The Bertz CT molecular complexity index is 893. The van der Waals surface area contributed by atoms with Gasteiger partial charge < -0.3 is 9.88 Å². The van der Waals surface area contributed by atoms with Gasteiger partial charge in [-0.15, -0.1) is 0 Å². The van der Waals surface area contributed by atoms with Crippen molar-refractivity contribution >= 4 is 22.6 Å². The van der Waals surface area contributed by atoms with E-state index in [0.29, 0.717) is 0 Å². The van der Waals surface area contributed by atoms with Crippen LogP contribution in [0.5, 0.6) is 0 Å². The van der Waals surface area contributed by atoms with Crippen LogP contribution >= 0.6 is 0 Å². The Morgan fingerprint density at radius 2 is 1.85 bits per heavy atom. The number of aromatic nitrogens is 2. The van der Waals surface area contributed by atoms with E-state index in [-0.39, 0.29) is 11.8 Å². The van der Waals surface area contributed by atoms with Crippen LogP contribution in [0.1, 0.15) is 38.1 Å². The molecular weight excluding hydrogens is 322 g/mol. The van der Waals surface area contributed by atoms with Crippen LogP contribution in [-0.4, -0.2) is 15.5 Å². The molecule has 0 saturated heterocycles. The number of imidazole rings is 1. The Balaban J connectivity index is 1.68. The lowest BCUT2D eigenvalue weighted by Gasteiger charge is -2.13. The molecule has 0 aliphatic rings. The molecule has 0 aliphatic heterocycles. The van der Waals surface area contributed by atoms with Crippen LogP contribution in [0.15, 0.2) is 48.5 Å². The van der Waals surface area contributed by atoms with E-state index in [2.05, 4.69) is 49.0 Å². The van der Waals surface area contributed by atoms with Gasteiger partial charge in [-0.05, 0) is 49.1 Å². The summed E-state index contributed by atoms with van der Waals surface area (Å²) < 4.78 is 2.16. The maximum Gasteiger partial charge on any atom is 0.227 e. The number of rotatable bonds is 7. The zero-order chi connectivity index (χ0) is 18.5. The van der Waals surface area contributed by atoms with Crippen molar-refractivity contribution in [3.05, 3.63) is 59.9 Å². The van der Waals surface area contributed by atoms with Crippen molar-refractivity contribution in [1.29, 1.82) is 0 Å². The fourth-order valence-corrected chi connectivity index (χ4v) is 3.38. The van der Waals surface area contributed by atoms with Crippen LogP contribution in [0.3, 0.4) is 0 Å². The molecule has 1 heterocycles. The molecule has 1 aromatic heterocycles. The van der Waals surface area contributed by atoms with Crippen LogP contribution < -0.4 is 5.32 Å². The number of hydrogen-bond acceptors (Lipinski definition) is 2. The van der Waals surface area contributed by atoms with E-state index in [9.17, 15) is 4.79 Å². The Kier molecular flexibility index (Phi) is 5.71. The zero-order valence-corrected chi connectivity index (χ0v) is 15.8. The van der Waals surface area contributed by atoms with Crippen molar-refractivity contribution in [3.8, 4) is 0 Å². The quantitative estimate of drug-likeness (QED) is 0.670. The average Bonchev–Trinajstić information content (AvgIpc) is 2.97. The van der Waals surface area contributed by atoms with Crippen molar-refractivity contribution in [2.24, 2.45) is 13.0 Å². The Morgan fingerprint density at radius 3 is 2.58 bits per heavy atom. The number of carbonyl (C=O) groups excluding carboxylic acids is 1. The summed E-state index contributed by atoms with van der Waals surface area (Å²) in [5, 5.41) is 3.06. The lowest BCUT2D eigenvalue weighted by Crippen LogP contribution is -2.21. The number of fused-ring (bicyclic) bond motifs is 1. The van der Waals surface area contributed by atoms with Gasteiger partial charge in [-0.25, -0.2) is 4.98 Å². The molecule has 0 fully saturated rings.